The van der Waals surface area contributed by atoms with Gasteiger partial charge < -0.3 is 20.7 Å². The zero-order chi connectivity index (χ0) is 11.8. The first-order chi connectivity index (χ1) is 8.22. The van der Waals surface area contributed by atoms with Crippen LogP contribution >= 0.6 is 0 Å². The number of hydrogen-bond donors (Lipinski definition) is 4. The highest BCUT2D eigenvalue weighted by Gasteiger charge is 2.25. The van der Waals surface area contributed by atoms with Crippen LogP contribution in [0.2, 0.25) is 0 Å². The molecular weight excluding hydrogens is 215 g/mol. The molecule has 4 nitrogen and oxygen atoms in total. The Morgan fingerprint density at radius 3 is 2.06 bits per heavy atom. The summed E-state index contributed by atoms with van der Waals surface area (Å²) in [6.45, 7) is 0. The van der Waals surface area contributed by atoms with Crippen LogP contribution in [0.1, 0.15) is 25.7 Å². The molecule has 0 aliphatic heterocycles. The largest absolute Gasteiger partial charge is 0.488 e. The molecule has 1 aromatic carbocycles. The monoisotopic (exact) mass is 232 g/mol. The van der Waals surface area contributed by atoms with Gasteiger partial charge in [0.2, 0.25) is 0 Å². The van der Waals surface area contributed by atoms with Crippen LogP contribution in [-0.4, -0.2) is 29.3 Å². The first-order valence-electron chi connectivity index (χ1n) is 6.25. The normalized spacial score (nSPS) is 18.9. The lowest BCUT2D eigenvalue weighted by atomic mass is 9.80. The summed E-state index contributed by atoms with van der Waals surface area (Å²) in [4.78, 5) is 0. The van der Waals surface area contributed by atoms with Crippen molar-refractivity contribution in [3.63, 3.8) is 0 Å². The predicted octanol–water partition coefficient (Wildman–Crippen LogP) is 0.515. The van der Waals surface area contributed by atoms with Crippen molar-refractivity contribution in [1.29, 1.82) is 0 Å². The second-order valence-corrected chi connectivity index (χ2v) is 5.02. The summed E-state index contributed by atoms with van der Waals surface area (Å²) < 4.78 is 0. The van der Waals surface area contributed by atoms with Gasteiger partial charge in [0.1, 0.15) is 0 Å². The van der Waals surface area contributed by atoms with E-state index >= 15 is 0 Å². The lowest BCUT2D eigenvalue weighted by molar-refractivity contribution is 0.426. The van der Waals surface area contributed by atoms with Crippen molar-refractivity contribution < 1.29 is 10.0 Å². The summed E-state index contributed by atoms with van der Waals surface area (Å²) in [6.07, 6.45) is 4.87. The molecule has 90 valence electrons. The van der Waals surface area contributed by atoms with E-state index in [2.05, 4.69) is 10.6 Å². The predicted molar refractivity (Wildman–Crippen MR) is 69.6 cm³/mol. The zero-order valence-corrected chi connectivity index (χ0v) is 9.69. The third kappa shape index (κ3) is 2.73. The molecule has 0 bridgehead atoms. The van der Waals surface area contributed by atoms with E-state index in [4.69, 9.17) is 0 Å². The van der Waals surface area contributed by atoms with Crippen LogP contribution in [-0.2, 0) is 0 Å². The standard InChI is InChI=1S/C12H17BN2O2/c16-13(17)8-1-6-11(14-9-2-3-9)12(7-8)15-10-4-5-10/h1,6-7,9-10,14-17H,2-5H2. The van der Waals surface area contributed by atoms with Crippen molar-refractivity contribution in [2.75, 3.05) is 10.6 Å². The van der Waals surface area contributed by atoms with E-state index in [1.54, 1.807) is 6.07 Å². The minimum absolute atomic E-state index is 0.537. The van der Waals surface area contributed by atoms with Gasteiger partial charge in [-0.15, -0.1) is 0 Å². The van der Waals surface area contributed by atoms with Crippen LogP contribution in [0.25, 0.3) is 0 Å². The van der Waals surface area contributed by atoms with E-state index in [1.165, 1.54) is 25.7 Å². The highest BCUT2D eigenvalue weighted by atomic mass is 16.4. The molecule has 0 heterocycles. The average molecular weight is 232 g/mol. The Bertz CT molecular complexity index is 417. The second-order valence-electron chi connectivity index (χ2n) is 5.02. The third-order valence-electron chi connectivity index (χ3n) is 3.22. The van der Waals surface area contributed by atoms with Gasteiger partial charge in [-0.1, -0.05) is 6.07 Å². The number of rotatable bonds is 5. The molecule has 1 aromatic rings. The van der Waals surface area contributed by atoms with E-state index < -0.39 is 7.12 Å². The molecule has 2 saturated carbocycles. The van der Waals surface area contributed by atoms with E-state index in [9.17, 15) is 10.0 Å². The van der Waals surface area contributed by atoms with Crippen LogP contribution in [0, 0.1) is 0 Å². The van der Waals surface area contributed by atoms with Crippen LogP contribution in [0.3, 0.4) is 0 Å². The molecule has 0 saturated heterocycles. The van der Waals surface area contributed by atoms with Crippen molar-refractivity contribution in [1.82, 2.24) is 0 Å². The molecule has 2 fully saturated rings. The summed E-state index contributed by atoms with van der Waals surface area (Å²) in [5.74, 6) is 0. The van der Waals surface area contributed by atoms with Crippen molar-refractivity contribution in [3.8, 4) is 0 Å². The Kier molecular flexibility index (Phi) is 2.72. The highest BCUT2D eigenvalue weighted by molar-refractivity contribution is 6.58. The highest BCUT2D eigenvalue weighted by Crippen LogP contribution is 2.32. The maximum Gasteiger partial charge on any atom is 0.488 e. The van der Waals surface area contributed by atoms with Gasteiger partial charge in [0.15, 0.2) is 0 Å². The molecule has 17 heavy (non-hydrogen) atoms. The molecule has 4 N–H and O–H groups in total. The fraction of sp³-hybridized carbons (Fsp3) is 0.500. The van der Waals surface area contributed by atoms with Crippen molar-refractivity contribution in [3.05, 3.63) is 18.2 Å². The minimum atomic E-state index is -1.40. The lowest BCUT2D eigenvalue weighted by Gasteiger charge is -2.14. The van der Waals surface area contributed by atoms with Gasteiger partial charge in [0, 0.05) is 12.1 Å². The van der Waals surface area contributed by atoms with Gasteiger partial charge in [-0.05, 0) is 43.3 Å². The summed E-state index contributed by atoms with van der Waals surface area (Å²) in [5, 5.41) is 25.3. The molecule has 3 rings (SSSR count). The third-order valence-corrected chi connectivity index (χ3v) is 3.22. The molecular formula is C12H17BN2O2. The molecule has 2 aliphatic carbocycles. The topological polar surface area (TPSA) is 64.5 Å². The molecule has 0 radical (unpaired) electrons. The number of anilines is 2. The zero-order valence-electron chi connectivity index (χ0n) is 9.69. The average Bonchev–Trinajstić information content (AvgIpc) is 3.14. The SMILES string of the molecule is OB(O)c1ccc(NC2CC2)c(NC2CC2)c1. The Labute approximate surface area is 101 Å². The molecule has 0 atom stereocenters. The number of hydrogen-bond acceptors (Lipinski definition) is 4. The summed E-state index contributed by atoms with van der Waals surface area (Å²) in [7, 11) is -1.40. The van der Waals surface area contributed by atoms with Crippen LogP contribution in [0.4, 0.5) is 11.4 Å². The second kappa shape index (κ2) is 4.24. The molecule has 0 spiro atoms. The van der Waals surface area contributed by atoms with E-state index in [1.807, 2.05) is 12.1 Å². The summed E-state index contributed by atoms with van der Waals surface area (Å²) in [6, 6.07) is 6.67. The van der Waals surface area contributed by atoms with Gasteiger partial charge in [-0.3, -0.25) is 0 Å². The van der Waals surface area contributed by atoms with E-state index in [0.717, 1.165) is 11.4 Å². The van der Waals surface area contributed by atoms with E-state index in [-0.39, 0.29) is 0 Å². The van der Waals surface area contributed by atoms with Gasteiger partial charge in [0.05, 0.1) is 11.4 Å². The fourth-order valence-corrected chi connectivity index (χ4v) is 1.86. The Balaban J connectivity index is 1.83. The Morgan fingerprint density at radius 2 is 1.53 bits per heavy atom. The Hall–Kier alpha value is -1.20. The van der Waals surface area contributed by atoms with Crippen molar-refractivity contribution in [2.45, 2.75) is 37.8 Å². The maximum absolute atomic E-state index is 9.19. The lowest BCUT2D eigenvalue weighted by Crippen LogP contribution is -2.30. The summed E-state index contributed by atoms with van der Waals surface area (Å²) >= 11 is 0. The Morgan fingerprint density at radius 1 is 0.941 bits per heavy atom. The molecule has 0 aromatic heterocycles. The van der Waals surface area contributed by atoms with Crippen LogP contribution in [0.15, 0.2) is 18.2 Å². The van der Waals surface area contributed by atoms with Crippen molar-refractivity contribution in [2.24, 2.45) is 0 Å². The van der Waals surface area contributed by atoms with Crippen LogP contribution < -0.4 is 16.1 Å². The van der Waals surface area contributed by atoms with Gasteiger partial charge in [0.25, 0.3) is 0 Å². The van der Waals surface area contributed by atoms with Crippen LogP contribution in [0.5, 0.6) is 0 Å². The van der Waals surface area contributed by atoms with E-state index in [0.29, 0.717) is 17.5 Å². The molecule has 0 unspecified atom stereocenters. The quantitative estimate of drug-likeness (QED) is 0.559. The van der Waals surface area contributed by atoms with Gasteiger partial charge in [-0.25, -0.2) is 0 Å². The first-order valence-corrected chi connectivity index (χ1v) is 6.25. The smallest absolute Gasteiger partial charge is 0.423 e. The van der Waals surface area contributed by atoms with Gasteiger partial charge in [-0.2, -0.15) is 0 Å². The van der Waals surface area contributed by atoms with Crippen molar-refractivity contribution >= 4 is 24.0 Å². The number of benzene rings is 1. The van der Waals surface area contributed by atoms with Gasteiger partial charge >= 0.3 is 7.12 Å². The minimum Gasteiger partial charge on any atom is -0.423 e. The molecule has 0 amide bonds. The molecule has 2 aliphatic rings. The molecule has 5 heteroatoms. The number of nitrogens with one attached hydrogen (secondary N) is 2. The first kappa shape index (κ1) is 10.9. The fourth-order valence-electron chi connectivity index (χ4n) is 1.86. The maximum atomic E-state index is 9.19. The summed E-state index contributed by atoms with van der Waals surface area (Å²) in [5.41, 5.74) is 2.60.